The van der Waals surface area contributed by atoms with Crippen molar-refractivity contribution in [1.29, 1.82) is 0 Å². The largest absolute Gasteiger partial charge is 0.388 e. The Hall–Kier alpha value is -0.710. The van der Waals surface area contributed by atoms with Crippen LogP contribution >= 0.6 is 0 Å². The first-order valence-electron chi connectivity index (χ1n) is 6.19. The highest BCUT2D eigenvalue weighted by molar-refractivity contribution is 5.96. The predicted octanol–water partition coefficient (Wildman–Crippen LogP) is 1.43. The van der Waals surface area contributed by atoms with Crippen LogP contribution in [0.25, 0.3) is 0 Å². The summed E-state index contributed by atoms with van der Waals surface area (Å²) in [5.74, 6) is -0.661. The first kappa shape index (κ1) is 12.7. The fraction of sp³-hybridized carbons (Fsp3) is 0.769. The Kier molecular flexibility index (Phi) is 3.66. The molecule has 0 amide bonds. The molecule has 4 nitrogen and oxygen atoms in total. The number of rotatable bonds is 2. The van der Waals surface area contributed by atoms with E-state index in [-0.39, 0.29) is 11.7 Å². The smallest absolute Gasteiger partial charge is 0.162 e. The van der Waals surface area contributed by atoms with Crippen molar-refractivity contribution in [2.75, 3.05) is 13.2 Å². The molecule has 1 aliphatic heterocycles. The van der Waals surface area contributed by atoms with Gasteiger partial charge in [-0.15, -0.1) is 0 Å². The number of carbonyl (C=O) groups excluding carboxylic acids is 1. The van der Waals surface area contributed by atoms with Gasteiger partial charge in [0.25, 0.3) is 0 Å². The van der Waals surface area contributed by atoms with Crippen LogP contribution in [-0.2, 0) is 14.3 Å². The molecular formula is C13H20O4. The van der Waals surface area contributed by atoms with Gasteiger partial charge in [-0.25, -0.2) is 0 Å². The number of allylic oxidation sites excluding steroid dienone is 1. The van der Waals surface area contributed by atoms with E-state index in [9.17, 15) is 9.90 Å². The lowest BCUT2D eigenvalue weighted by molar-refractivity contribution is -0.269. The predicted molar refractivity (Wildman–Crippen MR) is 62.4 cm³/mol. The van der Waals surface area contributed by atoms with E-state index < -0.39 is 11.9 Å². The molecule has 1 N–H and O–H groups in total. The van der Waals surface area contributed by atoms with Crippen molar-refractivity contribution in [2.45, 2.75) is 45.0 Å². The Morgan fingerprint density at radius 2 is 2.06 bits per heavy atom. The maximum absolute atomic E-state index is 11.7. The van der Waals surface area contributed by atoms with Crippen molar-refractivity contribution in [1.82, 2.24) is 0 Å². The minimum Gasteiger partial charge on any atom is -0.388 e. The number of hydrogen-bond donors (Lipinski definition) is 1. The minimum atomic E-state index is -0.751. The zero-order valence-electron chi connectivity index (χ0n) is 10.4. The lowest BCUT2D eigenvalue weighted by Gasteiger charge is -2.37. The van der Waals surface area contributed by atoms with Crippen LogP contribution in [0, 0.1) is 5.92 Å². The van der Waals surface area contributed by atoms with Gasteiger partial charge in [-0.1, -0.05) is 6.08 Å². The van der Waals surface area contributed by atoms with Gasteiger partial charge in [0, 0.05) is 17.9 Å². The van der Waals surface area contributed by atoms with Gasteiger partial charge in [0.2, 0.25) is 0 Å². The Labute approximate surface area is 102 Å². The molecule has 17 heavy (non-hydrogen) atoms. The van der Waals surface area contributed by atoms with Crippen molar-refractivity contribution in [2.24, 2.45) is 5.92 Å². The van der Waals surface area contributed by atoms with Crippen molar-refractivity contribution < 1.29 is 19.4 Å². The lowest BCUT2D eigenvalue weighted by Crippen LogP contribution is -2.44. The third-order valence-electron chi connectivity index (χ3n) is 3.35. The van der Waals surface area contributed by atoms with Crippen LogP contribution in [0.15, 0.2) is 11.6 Å². The molecule has 96 valence electrons. The summed E-state index contributed by atoms with van der Waals surface area (Å²) in [6, 6.07) is 0. The first-order valence-corrected chi connectivity index (χ1v) is 6.19. The van der Waals surface area contributed by atoms with Gasteiger partial charge in [0.1, 0.15) is 0 Å². The molecule has 0 aromatic heterocycles. The van der Waals surface area contributed by atoms with Crippen LogP contribution in [0.3, 0.4) is 0 Å². The van der Waals surface area contributed by atoms with E-state index in [1.807, 2.05) is 19.9 Å². The van der Waals surface area contributed by atoms with Crippen LogP contribution in [0.4, 0.5) is 0 Å². The standard InChI is InChI=1S/C13H20O4/c1-13(2)16-7-9(8-17-13)12(15)10-5-3-4-6-11(10)14/h5,9,12,15H,3-4,6-8H2,1-2H3/t12-/m0/s1. The SMILES string of the molecule is CC1(C)OCC([C@H](O)C2=CCCCC2=O)CO1. The number of carbonyl (C=O) groups is 1. The highest BCUT2D eigenvalue weighted by Gasteiger charge is 2.35. The Morgan fingerprint density at radius 3 is 2.65 bits per heavy atom. The van der Waals surface area contributed by atoms with Crippen LogP contribution in [0.2, 0.25) is 0 Å². The summed E-state index contributed by atoms with van der Waals surface area (Å²) in [6.07, 6.45) is 3.41. The normalized spacial score (nSPS) is 27.7. The van der Waals surface area contributed by atoms with E-state index in [0.717, 1.165) is 12.8 Å². The molecule has 0 aromatic rings. The van der Waals surface area contributed by atoms with Crippen LogP contribution < -0.4 is 0 Å². The molecule has 2 rings (SSSR count). The molecule has 0 saturated carbocycles. The van der Waals surface area contributed by atoms with Crippen molar-refractivity contribution in [3.8, 4) is 0 Å². The number of ketones is 1. The van der Waals surface area contributed by atoms with Crippen LogP contribution in [-0.4, -0.2) is 36.0 Å². The summed E-state index contributed by atoms with van der Waals surface area (Å²) in [5, 5.41) is 10.2. The third kappa shape index (κ3) is 2.94. The number of hydrogen-bond acceptors (Lipinski definition) is 4. The Bertz CT molecular complexity index is 322. The molecule has 1 aliphatic carbocycles. The fourth-order valence-electron chi connectivity index (χ4n) is 2.21. The molecule has 1 saturated heterocycles. The second kappa shape index (κ2) is 4.88. The quantitative estimate of drug-likeness (QED) is 0.793. The minimum absolute atomic E-state index is 0.0635. The maximum atomic E-state index is 11.7. The molecule has 1 atom stereocenters. The Morgan fingerprint density at radius 1 is 1.41 bits per heavy atom. The van der Waals surface area contributed by atoms with Gasteiger partial charge >= 0.3 is 0 Å². The van der Waals surface area contributed by atoms with E-state index in [4.69, 9.17) is 9.47 Å². The molecule has 0 spiro atoms. The number of ether oxygens (including phenoxy) is 2. The highest BCUT2D eigenvalue weighted by Crippen LogP contribution is 2.27. The molecule has 1 fully saturated rings. The number of Topliss-reactive ketones (excluding diaryl/α,β-unsaturated/α-hetero) is 1. The van der Waals surface area contributed by atoms with Crippen LogP contribution in [0.1, 0.15) is 33.1 Å². The van der Waals surface area contributed by atoms with Crippen molar-refractivity contribution >= 4 is 5.78 Å². The Balaban J connectivity index is 1.99. The van der Waals surface area contributed by atoms with E-state index >= 15 is 0 Å². The second-order valence-electron chi connectivity index (χ2n) is 5.20. The van der Waals surface area contributed by atoms with Gasteiger partial charge in [0.15, 0.2) is 11.6 Å². The van der Waals surface area contributed by atoms with Gasteiger partial charge in [-0.2, -0.15) is 0 Å². The summed E-state index contributed by atoms with van der Waals surface area (Å²) in [7, 11) is 0. The average Bonchev–Trinajstić information content (AvgIpc) is 2.29. The van der Waals surface area contributed by atoms with E-state index in [0.29, 0.717) is 25.2 Å². The van der Waals surface area contributed by atoms with Gasteiger partial charge in [0.05, 0.1) is 19.3 Å². The topological polar surface area (TPSA) is 55.8 Å². The molecule has 0 aromatic carbocycles. The summed E-state index contributed by atoms with van der Waals surface area (Å²) >= 11 is 0. The molecule has 1 heterocycles. The van der Waals surface area contributed by atoms with E-state index in [1.54, 1.807) is 0 Å². The fourth-order valence-corrected chi connectivity index (χ4v) is 2.21. The van der Waals surface area contributed by atoms with Crippen LogP contribution in [0.5, 0.6) is 0 Å². The molecule has 4 heteroatoms. The van der Waals surface area contributed by atoms with Gasteiger partial charge in [-0.3, -0.25) is 4.79 Å². The van der Waals surface area contributed by atoms with E-state index in [2.05, 4.69) is 0 Å². The molecule has 0 bridgehead atoms. The zero-order chi connectivity index (χ0) is 12.5. The molecule has 0 unspecified atom stereocenters. The van der Waals surface area contributed by atoms with Crippen molar-refractivity contribution in [3.63, 3.8) is 0 Å². The number of aliphatic hydroxyl groups is 1. The molecular weight excluding hydrogens is 220 g/mol. The second-order valence-corrected chi connectivity index (χ2v) is 5.20. The maximum Gasteiger partial charge on any atom is 0.162 e. The third-order valence-corrected chi connectivity index (χ3v) is 3.35. The van der Waals surface area contributed by atoms with E-state index in [1.165, 1.54) is 0 Å². The monoisotopic (exact) mass is 240 g/mol. The summed E-state index contributed by atoms with van der Waals surface area (Å²) in [6.45, 7) is 4.55. The average molecular weight is 240 g/mol. The summed E-state index contributed by atoms with van der Waals surface area (Å²) in [4.78, 5) is 11.7. The first-order chi connectivity index (χ1) is 7.99. The summed E-state index contributed by atoms with van der Waals surface area (Å²) < 4.78 is 11.0. The lowest BCUT2D eigenvalue weighted by atomic mass is 9.88. The number of aliphatic hydroxyl groups excluding tert-OH is 1. The van der Waals surface area contributed by atoms with Crippen molar-refractivity contribution in [3.05, 3.63) is 11.6 Å². The van der Waals surface area contributed by atoms with Gasteiger partial charge in [-0.05, 0) is 26.7 Å². The summed E-state index contributed by atoms with van der Waals surface area (Å²) in [5.41, 5.74) is 0.549. The molecule has 2 aliphatic rings. The zero-order valence-corrected chi connectivity index (χ0v) is 10.4. The highest BCUT2D eigenvalue weighted by atomic mass is 16.7. The molecule has 0 radical (unpaired) electrons. The van der Waals surface area contributed by atoms with Gasteiger partial charge < -0.3 is 14.6 Å².